The molecule has 70 heavy (non-hydrogen) atoms. The largest absolute Gasteiger partial charge is 0.462 e. The summed E-state index contributed by atoms with van der Waals surface area (Å²) in [6.45, 7) is 6.61. The minimum Gasteiger partial charge on any atom is -0.462 e. The molecule has 0 rings (SSSR count). The predicted octanol–water partition coefficient (Wildman–Crippen LogP) is 20.6. The maximum Gasteiger partial charge on any atom is 0.306 e. The normalized spacial score (nSPS) is 12.3. The van der Waals surface area contributed by atoms with Crippen LogP contribution in [0.15, 0.2) is 48.6 Å². The SMILES string of the molecule is CCCCC/C=C\C/C=C\CCCCCCCCCCCC(=O)OC(COC(=O)CCCCCCCCCC)COC(=O)CCCCCCCCCCCCCCC/C=C\C/C=C\CCCCCCC. The second-order valence-electron chi connectivity index (χ2n) is 20.6. The van der Waals surface area contributed by atoms with Gasteiger partial charge < -0.3 is 14.2 Å². The summed E-state index contributed by atoms with van der Waals surface area (Å²) in [5.41, 5.74) is 0. The third-order valence-corrected chi connectivity index (χ3v) is 13.6. The van der Waals surface area contributed by atoms with Crippen LogP contribution in [-0.4, -0.2) is 37.2 Å². The lowest BCUT2D eigenvalue weighted by Crippen LogP contribution is -2.30. The first-order chi connectivity index (χ1) is 34.5. The van der Waals surface area contributed by atoms with Crippen molar-refractivity contribution in [2.24, 2.45) is 0 Å². The highest BCUT2D eigenvalue weighted by Crippen LogP contribution is 2.16. The van der Waals surface area contributed by atoms with Crippen molar-refractivity contribution in [2.45, 2.75) is 329 Å². The van der Waals surface area contributed by atoms with Gasteiger partial charge in [-0.15, -0.1) is 0 Å². The molecule has 0 saturated carbocycles. The van der Waals surface area contributed by atoms with Crippen molar-refractivity contribution >= 4 is 17.9 Å². The third kappa shape index (κ3) is 56.3. The van der Waals surface area contributed by atoms with Crippen LogP contribution in [0, 0.1) is 0 Å². The fraction of sp³-hybridized carbons (Fsp3) is 0.828. The van der Waals surface area contributed by atoms with Crippen molar-refractivity contribution in [3.8, 4) is 0 Å². The fourth-order valence-corrected chi connectivity index (χ4v) is 8.92. The Kier molecular flexibility index (Phi) is 56.7. The zero-order valence-corrected chi connectivity index (χ0v) is 46.8. The standard InChI is InChI=1S/C64H116O6/c1-4-7-10-13-16-19-21-23-25-27-29-30-31-32-33-34-36-37-39-41-43-45-48-51-54-57-63(66)69-60-61(59-68-62(65)56-53-50-47-18-15-12-9-6-3)70-64(67)58-55-52-49-46-44-42-40-38-35-28-26-24-22-20-17-14-11-8-5-2/h17,20-21,23-24,26-27,29,61H,4-16,18-19,22,25,28,30-60H2,1-3H3/b20-17-,23-21-,26-24-,29-27-. The van der Waals surface area contributed by atoms with Gasteiger partial charge in [-0.05, 0) is 83.5 Å². The number of hydrogen-bond acceptors (Lipinski definition) is 6. The molecule has 0 bridgehead atoms. The van der Waals surface area contributed by atoms with Crippen molar-refractivity contribution in [1.29, 1.82) is 0 Å². The number of carbonyl (C=O) groups is 3. The lowest BCUT2D eigenvalue weighted by Gasteiger charge is -2.18. The van der Waals surface area contributed by atoms with Gasteiger partial charge in [0.1, 0.15) is 13.2 Å². The highest BCUT2D eigenvalue weighted by molar-refractivity contribution is 5.71. The molecule has 1 atom stereocenters. The van der Waals surface area contributed by atoms with Gasteiger partial charge in [-0.3, -0.25) is 14.4 Å². The Morgan fingerprint density at radius 1 is 0.286 bits per heavy atom. The molecule has 0 aromatic heterocycles. The molecule has 0 heterocycles. The maximum absolute atomic E-state index is 12.8. The first-order valence-corrected chi connectivity index (χ1v) is 30.6. The predicted molar refractivity (Wildman–Crippen MR) is 302 cm³/mol. The van der Waals surface area contributed by atoms with E-state index in [2.05, 4.69) is 69.4 Å². The molecular formula is C64H116O6. The molecule has 0 aliphatic rings. The Labute approximate surface area is 435 Å². The van der Waals surface area contributed by atoms with Crippen LogP contribution >= 0.6 is 0 Å². The molecule has 6 heteroatoms. The number of carbonyl (C=O) groups excluding carboxylic acids is 3. The molecule has 0 aromatic carbocycles. The van der Waals surface area contributed by atoms with Crippen LogP contribution in [0.5, 0.6) is 0 Å². The van der Waals surface area contributed by atoms with Gasteiger partial charge in [0.25, 0.3) is 0 Å². The molecule has 0 saturated heterocycles. The highest BCUT2D eigenvalue weighted by atomic mass is 16.6. The van der Waals surface area contributed by atoms with Gasteiger partial charge in [-0.2, -0.15) is 0 Å². The molecule has 0 aromatic rings. The van der Waals surface area contributed by atoms with Gasteiger partial charge in [0.2, 0.25) is 0 Å². The zero-order valence-electron chi connectivity index (χ0n) is 46.8. The number of rotatable bonds is 56. The Morgan fingerprint density at radius 3 is 0.814 bits per heavy atom. The van der Waals surface area contributed by atoms with Crippen LogP contribution in [0.2, 0.25) is 0 Å². The fourth-order valence-electron chi connectivity index (χ4n) is 8.92. The summed E-state index contributed by atoms with van der Waals surface area (Å²) in [7, 11) is 0. The van der Waals surface area contributed by atoms with Crippen LogP contribution in [0.25, 0.3) is 0 Å². The average Bonchev–Trinajstić information content (AvgIpc) is 3.36. The summed E-state index contributed by atoms with van der Waals surface area (Å²) in [5.74, 6) is -0.866. The minimum atomic E-state index is -0.772. The monoisotopic (exact) mass is 981 g/mol. The second-order valence-corrected chi connectivity index (χ2v) is 20.6. The van der Waals surface area contributed by atoms with Crippen molar-refractivity contribution in [3.63, 3.8) is 0 Å². The molecule has 6 nitrogen and oxygen atoms in total. The molecular weight excluding hydrogens is 865 g/mol. The maximum atomic E-state index is 12.8. The van der Waals surface area contributed by atoms with E-state index in [9.17, 15) is 14.4 Å². The number of unbranched alkanes of at least 4 members (excludes halogenated alkanes) is 37. The molecule has 1 unspecified atom stereocenters. The summed E-state index contributed by atoms with van der Waals surface area (Å²) in [4.78, 5) is 38.1. The Bertz CT molecular complexity index is 1220. The number of allylic oxidation sites excluding steroid dienone is 8. The Hall–Kier alpha value is -2.63. The van der Waals surface area contributed by atoms with E-state index in [0.29, 0.717) is 19.3 Å². The minimum absolute atomic E-state index is 0.0721. The van der Waals surface area contributed by atoms with Crippen molar-refractivity contribution in [3.05, 3.63) is 48.6 Å². The van der Waals surface area contributed by atoms with Gasteiger partial charge in [0.15, 0.2) is 6.10 Å². The van der Waals surface area contributed by atoms with Crippen LogP contribution in [0.4, 0.5) is 0 Å². The second kappa shape index (κ2) is 58.9. The van der Waals surface area contributed by atoms with Gasteiger partial charge in [0, 0.05) is 19.3 Å². The van der Waals surface area contributed by atoms with Crippen molar-refractivity contribution in [2.75, 3.05) is 13.2 Å². The molecule has 0 N–H and O–H groups in total. The summed E-state index contributed by atoms with van der Waals surface area (Å²) in [5, 5.41) is 0. The Morgan fingerprint density at radius 2 is 0.514 bits per heavy atom. The smallest absolute Gasteiger partial charge is 0.306 e. The molecule has 0 fully saturated rings. The van der Waals surface area contributed by atoms with Gasteiger partial charge in [-0.1, -0.05) is 268 Å². The first kappa shape index (κ1) is 67.4. The number of esters is 3. The third-order valence-electron chi connectivity index (χ3n) is 13.6. The van der Waals surface area contributed by atoms with Crippen LogP contribution in [-0.2, 0) is 28.6 Å². The van der Waals surface area contributed by atoms with Crippen molar-refractivity contribution in [1.82, 2.24) is 0 Å². The van der Waals surface area contributed by atoms with Gasteiger partial charge in [0.05, 0.1) is 0 Å². The lowest BCUT2D eigenvalue weighted by molar-refractivity contribution is -0.167. The van der Waals surface area contributed by atoms with Gasteiger partial charge in [-0.25, -0.2) is 0 Å². The van der Waals surface area contributed by atoms with E-state index < -0.39 is 6.10 Å². The number of hydrogen-bond donors (Lipinski definition) is 0. The van der Waals surface area contributed by atoms with E-state index >= 15 is 0 Å². The van der Waals surface area contributed by atoms with Crippen LogP contribution in [0.1, 0.15) is 323 Å². The first-order valence-electron chi connectivity index (χ1n) is 30.6. The topological polar surface area (TPSA) is 78.9 Å². The van der Waals surface area contributed by atoms with E-state index in [1.165, 1.54) is 212 Å². The molecule has 408 valence electrons. The van der Waals surface area contributed by atoms with Crippen molar-refractivity contribution < 1.29 is 28.6 Å². The number of ether oxygens (including phenoxy) is 3. The molecule has 0 amide bonds. The van der Waals surface area contributed by atoms with E-state index in [4.69, 9.17) is 14.2 Å². The lowest BCUT2D eigenvalue weighted by atomic mass is 10.0. The van der Waals surface area contributed by atoms with E-state index in [0.717, 1.165) is 70.6 Å². The Balaban J connectivity index is 4.16. The zero-order chi connectivity index (χ0) is 50.7. The molecule has 0 radical (unpaired) electrons. The van der Waals surface area contributed by atoms with Crippen LogP contribution in [0.3, 0.4) is 0 Å². The van der Waals surface area contributed by atoms with Crippen LogP contribution < -0.4 is 0 Å². The molecule has 0 aliphatic heterocycles. The summed E-state index contributed by atoms with van der Waals surface area (Å²) in [6, 6.07) is 0. The summed E-state index contributed by atoms with van der Waals surface area (Å²) < 4.78 is 16.8. The summed E-state index contributed by atoms with van der Waals surface area (Å²) in [6.07, 6.45) is 72.7. The molecule has 0 spiro atoms. The summed E-state index contributed by atoms with van der Waals surface area (Å²) >= 11 is 0. The quantitative estimate of drug-likeness (QED) is 0.0261. The van der Waals surface area contributed by atoms with E-state index in [-0.39, 0.29) is 31.1 Å². The van der Waals surface area contributed by atoms with Gasteiger partial charge >= 0.3 is 17.9 Å². The average molecular weight is 982 g/mol. The molecule has 0 aliphatic carbocycles. The van der Waals surface area contributed by atoms with E-state index in [1.807, 2.05) is 0 Å². The van der Waals surface area contributed by atoms with E-state index in [1.54, 1.807) is 0 Å². The highest BCUT2D eigenvalue weighted by Gasteiger charge is 2.19.